The highest BCUT2D eigenvalue weighted by Gasteiger charge is 2.38. The number of alkyl halides is 1. The van der Waals surface area contributed by atoms with Crippen LogP contribution in [0.4, 0.5) is 10.1 Å². The summed E-state index contributed by atoms with van der Waals surface area (Å²) < 4.78 is 50.1. The Balaban J connectivity index is 1.40. The largest absolute Gasteiger partial charge is 0.457 e. The van der Waals surface area contributed by atoms with Gasteiger partial charge in [0.2, 0.25) is 15.8 Å². The number of halogens is 1. The second-order valence-corrected chi connectivity index (χ2v) is 10.6. The van der Waals surface area contributed by atoms with Crippen LogP contribution in [0.15, 0.2) is 77.7 Å². The lowest BCUT2D eigenvalue weighted by molar-refractivity contribution is 0.00322. The van der Waals surface area contributed by atoms with E-state index in [1.54, 1.807) is 60.7 Å². The van der Waals surface area contributed by atoms with E-state index in [2.05, 4.69) is 9.62 Å². The predicted molar refractivity (Wildman–Crippen MR) is 131 cm³/mol. The molecule has 1 N–H and O–H groups in total. The van der Waals surface area contributed by atoms with Crippen LogP contribution in [0.1, 0.15) is 35.7 Å². The Hall–Kier alpha value is -3.43. The third-order valence-corrected chi connectivity index (χ3v) is 8.11. The summed E-state index contributed by atoms with van der Waals surface area (Å²) in [5.41, 5.74) is 1.27. The highest BCUT2D eigenvalue weighted by atomic mass is 32.2. The van der Waals surface area contributed by atoms with E-state index in [-0.39, 0.29) is 16.6 Å². The lowest BCUT2D eigenvalue weighted by Crippen LogP contribution is -2.48. The molecule has 35 heavy (non-hydrogen) atoms. The minimum Gasteiger partial charge on any atom is -0.457 e. The van der Waals surface area contributed by atoms with Gasteiger partial charge in [-0.3, -0.25) is 4.79 Å². The molecule has 7 nitrogen and oxygen atoms in total. The van der Waals surface area contributed by atoms with Gasteiger partial charge in [0, 0.05) is 30.8 Å². The van der Waals surface area contributed by atoms with Crippen molar-refractivity contribution in [2.24, 2.45) is 0 Å². The molecule has 182 valence electrons. The molecule has 1 amide bonds. The van der Waals surface area contributed by atoms with E-state index in [9.17, 15) is 13.2 Å². The van der Waals surface area contributed by atoms with Gasteiger partial charge < -0.3 is 14.5 Å². The third-order valence-electron chi connectivity index (χ3n) is 6.63. The van der Waals surface area contributed by atoms with Gasteiger partial charge in [-0.15, -0.1) is 0 Å². The topological polar surface area (TPSA) is 78.9 Å². The fourth-order valence-electron chi connectivity index (χ4n) is 4.57. The van der Waals surface area contributed by atoms with Crippen LogP contribution in [0.3, 0.4) is 0 Å². The smallest absolute Gasteiger partial charge is 0.256 e. The first-order chi connectivity index (χ1) is 16.7. The lowest BCUT2D eigenvalue weighted by atomic mass is 10.0. The summed E-state index contributed by atoms with van der Waals surface area (Å²) in [6.45, 7) is 2.10. The Kier molecular flexibility index (Phi) is 5.77. The van der Waals surface area contributed by atoms with Gasteiger partial charge in [-0.1, -0.05) is 30.3 Å². The van der Waals surface area contributed by atoms with Gasteiger partial charge in [-0.25, -0.2) is 12.8 Å². The third kappa shape index (κ3) is 4.26. The second-order valence-electron chi connectivity index (χ2n) is 8.92. The molecule has 0 bridgehead atoms. The van der Waals surface area contributed by atoms with Crippen LogP contribution in [0, 0.1) is 0 Å². The van der Waals surface area contributed by atoms with Crippen LogP contribution in [-0.4, -0.2) is 39.0 Å². The highest BCUT2D eigenvalue weighted by molar-refractivity contribution is 7.89. The number of rotatable bonds is 5. The van der Waals surface area contributed by atoms with Gasteiger partial charge in [-0.05, 0) is 56.2 Å². The number of nitrogens with one attached hydrogen (secondary N) is 1. The summed E-state index contributed by atoms with van der Waals surface area (Å²) in [5.74, 6) is -1.92. The van der Waals surface area contributed by atoms with Crippen molar-refractivity contribution in [1.82, 2.24) is 9.62 Å². The Morgan fingerprint density at radius 1 is 1.09 bits per heavy atom. The molecule has 1 fully saturated rings. The van der Waals surface area contributed by atoms with Crippen molar-refractivity contribution in [1.29, 1.82) is 0 Å². The zero-order valence-corrected chi connectivity index (χ0v) is 20.3. The maximum atomic E-state index is 15.9. The Bertz CT molecular complexity index is 1380. The molecule has 3 aromatic carbocycles. The molecule has 9 heteroatoms. The minimum absolute atomic E-state index is 0.160. The summed E-state index contributed by atoms with van der Waals surface area (Å²) in [7, 11) is -2.25. The fourth-order valence-corrected chi connectivity index (χ4v) is 6.03. The van der Waals surface area contributed by atoms with Crippen molar-refractivity contribution < 1.29 is 22.3 Å². The van der Waals surface area contributed by atoms with E-state index in [1.165, 1.54) is 26.1 Å². The molecule has 0 saturated carbocycles. The van der Waals surface area contributed by atoms with Crippen LogP contribution >= 0.6 is 0 Å². The van der Waals surface area contributed by atoms with Gasteiger partial charge in [0.25, 0.3) is 5.91 Å². The lowest BCUT2D eigenvalue weighted by Gasteiger charge is -2.34. The number of carbonyl (C=O) groups is 1. The number of hydrogen-bond acceptors (Lipinski definition) is 5. The average Bonchev–Trinajstić information content (AvgIpc) is 3.31. The average molecular weight is 496 g/mol. The van der Waals surface area contributed by atoms with E-state index in [0.717, 1.165) is 24.3 Å². The molecular formula is C26H26FN3O4S. The van der Waals surface area contributed by atoms with Crippen LogP contribution in [0.5, 0.6) is 11.5 Å². The fraction of sp³-hybridized carbons (Fsp3) is 0.269. The summed E-state index contributed by atoms with van der Waals surface area (Å²) >= 11 is 0. The van der Waals surface area contributed by atoms with Crippen LogP contribution in [0.25, 0.3) is 0 Å². The molecule has 1 saturated heterocycles. The molecule has 2 heterocycles. The summed E-state index contributed by atoms with van der Waals surface area (Å²) in [6.07, 6.45) is 1.47. The summed E-state index contributed by atoms with van der Waals surface area (Å²) in [4.78, 5) is 16.1. The van der Waals surface area contributed by atoms with E-state index in [4.69, 9.17) is 4.74 Å². The van der Waals surface area contributed by atoms with Crippen molar-refractivity contribution in [3.8, 4) is 11.5 Å². The Morgan fingerprint density at radius 2 is 1.83 bits per heavy atom. The van der Waals surface area contributed by atoms with E-state index < -0.39 is 21.7 Å². The van der Waals surface area contributed by atoms with Gasteiger partial charge in [0.15, 0.2) is 0 Å². The number of ether oxygens (including phenoxy) is 1. The Morgan fingerprint density at radius 3 is 2.60 bits per heavy atom. The normalized spacial score (nSPS) is 19.9. The molecule has 3 aromatic rings. The first kappa shape index (κ1) is 23.3. The zero-order valence-electron chi connectivity index (χ0n) is 19.4. The van der Waals surface area contributed by atoms with Gasteiger partial charge >= 0.3 is 0 Å². The molecule has 2 unspecified atom stereocenters. The quantitative estimate of drug-likeness (QED) is 0.523. The van der Waals surface area contributed by atoms with Crippen LogP contribution in [-0.2, 0) is 15.8 Å². The van der Waals surface area contributed by atoms with Crippen LogP contribution < -0.4 is 14.4 Å². The van der Waals surface area contributed by atoms with Crippen molar-refractivity contribution in [3.63, 3.8) is 0 Å². The Labute approximate surface area is 204 Å². The number of amides is 1. The number of fused-ring (bicyclic) bond motifs is 3. The van der Waals surface area contributed by atoms with E-state index in [1.807, 2.05) is 0 Å². The maximum absolute atomic E-state index is 15.9. The molecule has 2 aliphatic rings. The first-order valence-corrected chi connectivity index (χ1v) is 12.9. The SMILES string of the molecule is CN(C(=O)c1ccccc1)C(C)(F)c1cccc(Oc2ccc3c(c2)S(=O)(=O)NC2CCCN32)c1. The number of nitrogens with zero attached hydrogens (tertiary/aromatic N) is 2. The molecule has 2 aliphatic heterocycles. The standard InChI is InChI=1S/C26H26FN3O4S/c1-26(27,29(2)25(31)18-8-4-3-5-9-18)19-10-6-11-20(16-19)34-21-13-14-22-23(17-21)35(32,33)28-24-12-7-15-30(22)24/h3-6,8-11,13-14,16-17,24,28H,7,12,15H2,1-2H3. The first-order valence-electron chi connectivity index (χ1n) is 11.4. The number of hydrogen-bond donors (Lipinski definition) is 1. The van der Waals surface area contributed by atoms with Crippen LogP contribution in [0.2, 0.25) is 0 Å². The van der Waals surface area contributed by atoms with Crippen molar-refractivity contribution >= 4 is 21.6 Å². The van der Waals surface area contributed by atoms with Gasteiger partial charge in [-0.2, -0.15) is 4.72 Å². The highest BCUT2D eigenvalue weighted by Crippen LogP contribution is 2.39. The molecule has 0 radical (unpaired) electrons. The number of sulfonamides is 1. The van der Waals surface area contributed by atoms with Crippen molar-refractivity contribution in [2.75, 3.05) is 18.5 Å². The summed E-state index contributed by atoms with van der Waals surface area (Å²) in [6, 6.07) is 19.8. The molecule has 0 aliphatic carbocycles. The number of carbonyl (C=O) groups excluding carboxylic acids is 1. The molecular weight excluding hydrogens is 469 g/mol. The maximum Gasteiger partial charge on any atom is 0.256 e. The molecule has 5 rings (SSSR count). The monoisotopic (exact) mass is 495 g/mol. The zero-order chi connectivity index (χ0) is 24.8. The predicted octanol–water partition coefficient (Wildman–Crippen LogP) is 4.61. The number of anilines is 1. The molecule has 0 spiro atoms. The van der Waals surface area contributed by atoms with Gasteiger partial charge in [0.05, 0.1) is 11.9 Å². The number of benzene rings is 3. The second kappa shape index (κ2) is 8.66. The van der Waals surface area contributed by atoms with Crippen molar-refractivity contribution in [3.05, 3.63) is 83.9 Å². The van der Waals surface area contributed by atoms with Gasteiger partial charge in [0.1, 0.15) is 16.4 Å². The molecule has 0 aromatic heterocycles. The van der Waals surface area contributed by atoms with Crippen molar-refractivity contribution in [2.45, 2.75) is 36.6 Å². The minimum atomic E-state index is -3.67. The molecule has 2 atom stereocenters. The van der Waals surface area contributed by atoms with E-state index in [0.29, 0.717) is 22.7 Å². The van der Waals surface area contributed by atoms with E-state index >= 15 is 4.39 Å². The summed E-state index contributed by atoms with van der Waals surface area (Å²) in [5, 5.41) is 0.